The summed E-state index contributed by atoms with van der Waals surface area (Å²) in [7, 11) is 0. The Morgan fingerprint density at radius 1 is 1.53 bits per heavy atom. The van der Waals surface area contributed by atoms with Crippen LogP contribution < -0.4 is 5.32 Å². The molecule has 0 amide bonds. The molecule has 3 heteroatoms. The molecule has 1 fully saturated rings. The Morgan fingerprint density at radius 2 is 2.40 bits per heavy atom. The highest BCUT2D eigenvalue weighted by Gasteiger charge is 2.18. The highest BCUT2D eigenvalue weighted by Crippen LogP contribution is 2.20. The predicted molar refractivity (Wildman–Crippen MR) is 59.7 cm³/mol. The van der Waals surface area contributed by atoms with Gasteiger partial charge >= 0.3 is 0 Å². The van der Waals surface area contributed by atoms with E-state index in [0.717, 1.165) is 19.5 Å². The van der Waals surface area contributed by atoms with Crippen LogP contribution in [0.1, 0.15) is 30.6 Å². The van der Waals surface area contributed by atoms with Gasteiger partial charge in [0.05, 0.1) is 12.2 Å². The molecule has 3 nitrogen and oxygen atoms in total. The summed E-state index contributed by atoms with van der Waals surface area (Å²) < 4.78 is 5.95. The first-order chi connectivity index (χ1) is 7.25. The van der Waals surface area contributed by atoms with Gasteiger partial charge in [-0.05, 0) is 37.9 Å². The summed E-state index contributed by atoms with van der Waals surface area (Å²) in [6.07, 6.45) is 5.37. The Bertz CT molecular complexity index is 321. The third kappa shape index (κ3) is 2.76. The zero-order chi connectivity index (χ0) is 10.7. The van der Waals surface area contributed by atoms with Gasteiger partial charge in [0.2, 0.25) is 0 Å². The number of hydrogen-bond donors (Lipinski definition) is 1. The molecule has 82 valence electrons. The SMILES string of the molecule is Cc1cncc([C@H](C)O[C@H]2CCNC2)c1. The van der Waals surface area contributed by atoms with Crippen molar-refractivity contribution in [1.82, 2.24) is 10.3 Å². The van der Waals surface area contributed by atoms with E-state index in [4.69, 9.17) is 4.74 Å². The summed E-state index contributed by atoms with van der Waals surface area (Å²) in [6, 6.07) is 2.14. The smallest absolute Gasteiger partial charge is 0.0816 e. The minimum atomic E-state index is 0.141. The lowest BCUT2D eigenvalue weighted by molar-refractivity contribution is 0.00809. The van der Waals surface area contributed by atoms with E-state index in [1.54, 1.807) is 0 Å². The molecule has 0 spiro atoms. The molecule has 2 heterocycles. The standard InChI is InChI=1S/C12H18N2O/c1-9-5-11(7-14-6-9)10(2)15-12-3-4-13-8-12/h5-7,10,12-13H,3-4,8H2,1-2H3/t10-,12-/m0/s1. The lowest BCUT2D eigenvalue weighted by atomic mass is 10.1. The number of aryl methyl sites for hydroxylation is 1. The van der Waals surface area contributed by atoms with Crippen LogP contribution in [0.25, 0.3) is 0 Å². The largest absolute Gasteiger partial charge is 0.369 e. The van der Waals surface area contributed by atoms with Crippen molar-refractivity contribution in [2.75, 3.05) is 13.1 Å². The van der Waals surface area contributed by atoms with Gasteiger partial charge in [0.15, 0.2) is 0 Å². The van der Waals surface area contributed by atoms with Crippen molar-refractivity contribution in [1.29, 1.82) is 0 Å². The molecule has 0 saturated carbocycles. The summed E-state index contributed by atoms with van der Waals surface area (Å²) in [5.41, 5.74) is 2.36. The minimum absolute atomic E-state index is 0.141. The molecule has 1 saturated heterocycles. The molecule has 2 rings (SSSR count). The van der Waals surface area contributed by atoms with E-state index in [0.29, 0.717) is 6.10 Å². The first-order valence-corrected chi connectivity index (χ1v) is 5.53. The first-order valence-electron chi connectivity index (χ1n) is 5.53. The van der Waals surface area contributed by atoms with E-state index in [1.807, 2.05) is 12.4 Å². The summed E-state index contributed by atoms with van der Waals surface area (Å²) in [6.45, 7) is 6.20. The fourth-order valence-electron chi connectivity index (χ4n) is 1.91. The van der Waals surface area contributed by atoms with Crippen LogP contribution in [0.3, 0.4) is 0 Å². The molecule has 0 aromatic carbocycles. The van der Waals surface area contributed by atoms with E-state index >= 15 is 0 Å². The third-order valence-electron chi connectivity index (χ3n) is 2.78. The van der Waals surface area contributed by atoms with Crippen LogP contribution in [0.15, 0.2) is 18.5 Å². The highest BCUT2D eigenvalue weighted by atomic mass is 16.5. The first kappa shape index (κ1) is 10.6. The second-order valence-electron chi connectivity index (χ2n) is 4.19. The Hall–Kier alpha value is -0.930. The van der Waals surface area contributed by atoms with Gasteiger partial charge in [-0.1, -0.05) is 6.07 Å². The maximum Gasteiger partial charge on any atom is 0.0816 e. The fourth-order valence-corrected chi connectivity index (χ4v) is 1.91. The van der Waals surface area contributed by atoms with Gasteiger partial charge in [0.25, 0.3) is 0 Å². The maximum atomic E-state index is 5.95. The molecule has 1 aromatic heterocycles. The van der Waals surface area contributed by atoms with Gasteiger partial charge in [0.1, 0.15) is 0 Å². The molecule has 15 heavy (non-hydrogen) atoms. The van der Waals surface area contributed by atoms with Crippen molar-refractivity contribution in [3.63, 3.8) is 0 Å². The quantitative estimate of drug-likeness (QED) is 0.819. The molecule has 1 aliphatic rings. The van der Waals surface area contributed by atoms with E-state index in [1.165, 1.54) is 11.1 Å². The Labute approximate surface area is 90.9 Å². The fraction of sp³-hybridized carbons (Fsp3) is 0.583. The van der Waals surface area contributed by atoms with Crippen molar-refractivity contribution >= 4 is 0 Å². The van der Waals surface area contributed by atoms with E-state index in [-0.39, 0.29) is 6.10 Å². The van der Waals surface area contributed by atoms with Crippen molar-refractivity contribution in [2.24, 2.45) is 0 Å². The molecule has 0 aliphatic carbocycles. The van der Waals surface area contributed by atoms with Gasteiger partial charge in [0, 0.05) is 18.9 Å². The summed E-state index contributed by atoms with van der Waals surface area (Å²) in [5.74, 6) is 0. The Kier molecular flexibility index (Phi) is 3.34. The molecule has 1 aliphatic heterocycles. The number of hydrogen-bond acceptors (Lipinski definition) is 3. The highest BCUT2D eigenvalue weighted by molar-refractivity contribution is 5.18. The van der Waals surface area contributed by atoms with Crippen LogP contribution in [-0.2, 0) is 4.74 Å². The molecular weight excluding hydrogens is 188 g/mol. The van der Waals surface area contributed by atoms with E-state index in [9.17, 15) is 0 Å². The molecule has 0 unspecified atom stereocenters. The van der Waals surface area contributed by atoms with Crippen molar-refractivity contribution < 1.29 is 4.74 Å². The van der Waals surface area contributed by atoms with Crippen LogP contribution >= 0.6 is 0 Å². The normalized spacial score (nSPS) is 22.9. The van der Waals surface area contributed by atoms with Gasteiger partial charge < -0.3 is 10.1 Å². The molecule has 1 aromatic rings. The summed E-state index contributed by atoms with van der Waals surface area (Å²) in [4.78, 5) is 4.18. The molecule has 1 N–H and O–H groups in total. The number of pyridine rings is 1. The van der Waals surface area contributed by atoms with Gasteiger partial charge in [-0.15, -0.1) is 0 Å². The van der Waals surface area contributed by atoms with Gasteiger partial charge in [-0.25, -0.2) is 0 Å². The third-order valence-corrected chi connectivity index (χ3v) is 2.78. The van der Waals surface area contributed by atoms with Crippen molar-refractivity contribution in [3.05, 3.63) is 29.6 Å². The van der Waals surface area contributed by atoms with Crippen molar-refractivity contribution in [3.8, 4) is 0 Å². The second-order valence-corrected chi connectivity index (χ2v) is 4.19. The van der Waals surface area contributed by atoms with E-state index < -0.39 is 0 Å². The zero-order valence-electron chi connectivity index (χ0n) is 9.36. The summed E-state index contributed by atoms with van der Waals surface area (Å²) in [5, 5.41) is 3.30. The van der Waals surface area contributed by atoms with Gasteiger partial charge in [-0.3, -0.25) is 4.98 Å². The number of rotatable bonds is 3. The van der Waals surface area contributed by atoms with Crippen LogP contribution in [0, 0.1) is 6.92 Å². The van der Waals surface area contributed by atoms with Crippen LogP contribution in [-0.4, -0.2) is 24.2 Å². The average Bonchev–Trinajstić information content (AvgIpc) is 2.70. The Balaban J connectivity index is 1.97. The lowest BCUT2D eigenvalue weighted by Gasteiger charge is -2.18. The van der Waals surface area contributed by atoms with Crippen molar-refractivity contribution in [2.45, 2.75) is 32.5 Å². The van der Waals surface area contributed by atoms with Gasteiger partial charge in [-0.2, -0.15) is 0 Å². The predicted octanol–water partition coefficient (Wildman–Crippen LogP) is 1.83. The minimum Gasteiger partial charge on any atom is -0.369 e. The number of nitrogens with one attached hydrogen (secondary N) is 1. The van der Waals surface area contributed by atoms with E-state index in [2.05, 4.69) is 30.2 Å². The molecular formula is C12H18N2O. The maximum absolute atomic E-state index is 5.95. The zero-order valence-corrected chi connectivity index (χ0v) is 9.36. The average molecular weight is 206 g/mol. The van der Waals surface area contributed by atoms with Crippen LogP contribution in [0.4, 0.5) is 0 Å². The lowest BCUT2D eigenvalue weighted by Crippen LogP contribution is -2.18. The molecule has 0 bridgehead atoms. The number of aromatic nitrogens is 1. The summed E-state index contributed by atoms with van der Waals surface area (Å²) >= 11 is 0. The Morgan fingerprint density at radius 3 is 3.07 bits per heavy atom. The van der Waals surface area contributed by atoms with Crippen LogP contribution in [0.5, 0.6) is 0 Å². The molecule has 0 radical (unpaired) electrons. The number of nitrogens with zero attached hydrogens (tertiary/aromatic N) is 1. The number of ether oxygens (including phenoxy) is 1. The topological polar surface area (TPSA) is 34.1 Å². The van der Waals surface area contributed by atoms with Crippen LogP contribution in [0.2, 0.25) is 0 Å². The molecule has 2 atom stereocenters. The monoisotopic (exact) mass is 206 g/mol. The second kappa shape index (κ2) is 4.73.